The second-order valence-electron chi connectivity index (χ2n) is 5.96. The topological polar surface area (TPSA) is 51.1 Å². The standard InChI is InChI=1S/C20H21ClN2O3S/c1-25-17-8-7-14(11-18(17)26-2)12-19(24)23-10-9-22-20(23)27-13-15-5-3-4-6-16(15)21/h3-8,11H,9-10,12-13H2,1-2H3. The maximum atomic E-state index is 12.8. The van der Waals surface area contributed by atoms with Gasteiger partial charge in [0.2, 0.25) is 5.91 Å². The predicted octanol–water partition coefficient (Wildman–Crippen LogP) is 4.03. The van der Waals surface area contributed by atoms with Crippen molar-refractivity contribution in [2.75, 3.05) is 27.3 Å². The molecule has 7 heteroatoms. The quantitative estimate of drug-likeness (QED) is 0.729. The van der Waals surface area contributed by atoms with Crippen molar-refractivity contribution in [2.24, 2.45) is 4.99 Å². The average molecular weight is 405 g/mol. The summed E-state index contributed by atoms with van der Waals surface area (Å²) in [6, 6.07) is 13.2. The number of amidine groups is 1. The van der Waals surface area contributed by atoms with Crippen LogP contribution in [-0.2, 0) is 17.0 Å². The lowest BCUT2D eigenvalue weighted by Gasteiger charge is -2.18. The molecule has 0 aliphatic carbocycles. The normalized spacial score (nSPS) is 13.4. The van der Waals surface area contributed by atoms with Gasteiger partial charge in [-0.05, 0) is 29.3 Å². The first-order valence-corrected chi connectivity index (χ1v) is 9.90. The Morgan fingerprint density at radius 2 is 1.96 bits per heavy atom. The zero-order valence-electron chi connectivity index (χ0n) is 15.3. The average Bonchev–Trinajstić information content (AvgIpc) is 3.16. The monoisotopic (exact) mass is 404 g/mol. The smallest absolute Gasteiger partial charge is 0.233 e. The van der Waals surface area contributed by atoms with Crippen LogP contribution in [0.3, 0.4) is 0 Å². The van der Waals surface area contributed by atoms with Gasteiger partial charge >= 0.3 is 0 Å². The summed E-state index contributed by atoms with van der Waals surface area (Å²) in [5, 5.41) is 1.48. The number of amides is 1. The molecule has 0 radical (unpaired) electrons. The number of thioether (sulfide) groups is 1. The summed E-state index contributed by atoms with van der Waals surface area (Å²) in [5.41, 5.74) is 1.91. The van der Waals surface area contributed by atoms with Crippen LogP contribution in [0.1, 0.15) is 11.1 Å². The highest BCUT2D eigenvalue weighted by atomic mass is 35.5. The van der Waals surface area contributed by atoms with Crippen LogP contribution in [0.2, 0.25) is 5.02 Å². The zero-order valence-corrected chi connectivity index (χ0v) is 16.8. The van der Waals surface area contributed by atoms with Crippen LogP contribution < -0.4 is 9.47 Å². The summed E-state index contributed by atoms with van der Waals surface area (Å²) in [6.45, 7) is 1.24. The van der Waals surface area contributed by atoms with E-state index in [4.69, 9.17) is 21.1 Å². The van der Waals surface area contributed by atoms with Gasteiger partial charge in [0, 0.05) is 17.3 Å². The molecule has 2 aromatic rings. The molecule has 1 aliphatic heterocycles. The highest BCUT2D eigenvalue weighted by Gasteiger charge is 2.24. The Balaban J connectivity index is 1.64. The van der Waals surface area contributed by atoms with E-state index in [9.17, 15) is 4.79 Å². The Morgan fingerprint density at radius 3 is 2.70 bits per heavy atom. The number of hydrogen-bond acceptors (Lipinski definition) is 5. The fourth-order valence-corrected chi connectivity index (χ4v) is 4.15. The lowest BCUT2D eigenvalue weighted by atomic mass is 10.1. The van der Waals surface area contributed by atoms with E-state index in [1.807, 2.05) is 42.5 Å². The van der Waals surface area contributed by atoms with Crippen molar-refractivity contribution in [3.63, 3.8) is 0 Å². The molecule has 1 amide bonds. The summed E-state index contributed by atoms with van der Waals surface area (Å²) in [7, 11) is 3.17. The number of aliphatic imine (C=N–C) groups is 1. The molecule has 142 valence electrons. The van der Waals surface area contributed by atoms with E-state index in [2.05, 4.69) is 4.99 Å². The Morgan fingerprint density at radius 1 is 1.19 bits per heavy atom. The highest BCUT2D eigenvalue weighted by Crippen LogP contribution is 2.29. The molecular weight excluding hydrogens is 384 g/mol. The van der Waals surface area contributed by atoms with Gasteiger partial charge in [-0.1, -0.05) is 47.6 Å². The first kappa shape index (κ1) is 19.6. The van der Waals surface area contributed by atoms with Gasteiger partial charge in [0.05, 0.1) is 27.2 Å². The van der Waals surface area contributed by atoms with Crippen molar-refractivity contribution in [3.05, 3.63) is 58.6 Å². The van der Waals surface area contributed by atoms with Crippen LogP contribution >= 0.6 is 23.4 Å². The van der Waals surface area contributed by atoms with Gasteiger partial charge in [-0.25, -0.2) is 0 Å². The largest absolute Gasteiger partial charge is 0.493 e. The SMILES string of the molecule is COc1ccc(CC(=O)N2CCN=C2SCc2ccccc2Cl)cc1OC. The number of methoxy groups -OCH3 is 2. The van der Waals surface area contributed by atoms with Crippen molar-refractivity contribution in [1.29, 1.82) is 0 Å². The summed E-state index contributed by atoms with van der Waals surface area (Å²) in [6.07, 6.45) is 0.284. The number of carbonyl (C=O) groups is 1. The fourth-order valence-electron chi connectivity index (χ4n) is 2.80. The summed E-state index contributed by atoms with van der Waals surface area (Å²) < 4.78 is 10.6. The molecule has 1 aliphatic rings. The number of ether oxygens (including phenoxy) is 2. The Kier molecular flexibility index (Phi) is 6.63. The number of carbonyl (C=O) groups excluding carboxylic acids is 1. The highest BCUT2D eigenvalue weighted by molar-refractivity contribution is 8.13. The van der Waals surface area contributed by atoms with Crippen LogP contribution in [0.4, 0.5) is 0 Å². The molecule has 0 saturated heterocycles. The molecule has 0 aromatic heterocycles. The minimum Gasteiger partial charge on any atom is -0.493 e. The number of nitrogens with zero attached hydrogens (tertiary/aromatic N) is 2. The molecular formula is C20H21ClN2O3S. The van der Waals surface area contributed by atoms with Crippen molar-refractivity contribution in [3.8, 4) is 11.5 Å². The van der Waals surface area contributed by atoms with E-state index in [-0.39, 0.29) is 12.3 Å². The van der Waals surface area contributed by atoms with Gasteiger partial charge in [0.1, 0.15) is 0 Å². The van der Waals surface area contributed by atoms with Gasteiger partial charge in [-0.3, -0.25) is 14.7 Å². The van der Waals surface area contributed by atoms with E-state index >= 15 is 0 Å². The summed E-state index contributed by atoms with van der Waals surface area (Å²) >= 11 is 7.75. The van der Waals surface area contributed by atoms with Crippen molar-refractivity contribution in [1.82, 2.24) is 4.90 Å². The lowest BCUT2D eigenvalue weighted by Crippen LogP contribution is -2.34. The minimum absolute atomic E-state index is 0.0186. The van der Waals surface area contributed by atoms with E-state index in [0.29, 0.717) is 30.3 Å². The molecule has 2 aromatic carbocycles. The number of benzene rings is 2. The molecule has 0 bridgehead atoms. The zero-order chi connectivity index (χ0) is 19.2. The van der Waals surface area contributed by atoms with Gasteiger partial charge in [0.25, 0.3) is 0 Å². The van der Waals surface area contributed by atoms with Gasteiger partial charge in [-0.15, -0.1) is 0 Å². The van der Waals surface area contributed by atoms with E-state index in [1.165, 1.54) is 11.8 Å². The number of hydrogen-bond donors (Lipinski definition) is 0. The second-order valence-corrected chi connectivity index (χ2v) is 7.31. The molecule has 0 atom stereocenters. The number of rotatable bonds is 6. The molecule has 0 fully saturated rings. The van der Waals surface area contributed by atoms with E-state index < -0.39 is 0 Å². The van der Waals surface area contributed by atoms with Crippen molar-refractivity contribution in [2.45, 2.75) is 12.2 Å². The molecule has 0 N–H and O–H groups in total. The molecule has 3 rings (SSSR count). The summed E-state index contributed by atoms with van der Waals surface area (Å²) in [4.78, 5) is 19.0. The van der Waals surface area contributed by atoms with Gasteiger partial charge in [-0.2, -0.15) is 0 Å². The van der Waals surface area contributed by atoms with Crippen molar-refractivity contribution < 1.29 is 14.3 Å². The maximum Gasteiger partial charge on any atom is 0.233 e. The van der Waals surface area contributed by atoms with Crippen molar-refractivity contribution >= 4 is 34.4 Å². The maximum absolute atomic E-state index is 12.8. The third-order valence-electron chi connectivity index (χ3n) is 4.22. The number of halogens is 1. The third-order valence-corrected chi connectivity index (χ3v) is 5.65. The van der Waals surface area contributed by atoms with Crippen LogP contribution in [0.25, 0.3) is 0 Å². The minimum atomic E-state index is 0.0186. The first-order chi connectivity index (χ1) is 13.1. The molecule has 0 spiro atoms. The van der Waals surface area contributed by atoms with Crippen LogP contribution in [0, 0.1) is 0 Å². The molecule has 5 nitrogen and oxygen atoms in total. The van der Waals surface area contributed by atoms with Gasteiger partial charge in [0.15, 0.2) is 16.7 Å². The fraction of sp³-hybridized carbons (Fsp3) is 0.300. The van der Waals surface area contributed by atoms with Crippen LogP contribution in [0.15, 0.2) is 47.5 Å². The van der Waals surface area contributed by atoms with Crippen LogP contribution in [0.5, 0.6) is 11.5 Å². The first-order valence-electron chi connectivity index (χ1n) is 8.54. The Labute approximate surface area is 168 Å². The summed E-state index contributed by atoms with van der Waals surface area (Å²) in [5.74, 6) is 1.96. The second kappa shape index (κ2) is 9.15. The Hall–Kier alpha value is -2.18. The molecule has 1 heterocycles. The lowest BCUT2D eigenvalue weighted by molar-refractivity contribution is -0.126. The Bertz CT molecular complexity index is 857. The van der Waals surface area contributed by atoms with Crippen LogP contribution in [-0.4, -0.2) is 43.3 Å². The van der Waals surface area contributed by atoms with E-state index in [0.717, 1.165) is 21.3 Å². The molecule has 27 heavy (non-hydrogen) atoms. The van der Waals surface area contributed by atoms with E-state index in [1.54, 1.807) is 19.1 Å². The predicted molar refractivity (Wildman–Crippen MR) is 110 cm³/mol. The third kappa shape index (κ3) is 4.76. The molecule has 0 unspecified atom stereocenters. The van der Waals surface area contributed by atoms with Gasteiger partial charge < -0.3 is 9.47 Å². The molecule has 0 saturated carbocycles.